The topological polar surface area (TPSA) is 115 Å². The van der Waals surface area contributed by atoms with Crippen LogP contribution in [-0.4, -0.2) is 31.9 Å². The van der Waals surface area contributed by atoms with E-state index in [1.807, 2.05) is 6.07 Å². The lowest BCUT2D eigenvalue weighted by Gasteiger charge is -2.18. The Morgan fingerprint density at radius 2 is 1.76 bits per heavy atom. The second-order valence-electron chi connectivity index (χ2n) is 8.05. The number of carbonyl (C=O) groups is 1. The summed E-state index contributed by atoms with van der Waals surface area (Å²) in [6.45, 7) is 1.40. The molecule has 0 aliphatic carbocycles. The van der Waals surface area contributed by atoms with Gasteiger partial charge in [-0.25, -0.2) is 9.48 Å². The van der Waals surface area contributed by atoms with Crippen LogP contribution in [0.4, 0.5) is 13.2 Å². The van der Waals surface area contributed by atoms with Gasteiger partial charge in [-0.2, -0.15) is 23.5 Å². The van der Waals surface area contributed by atoms with E-state index in [2.05, 4.69) is 10.4 Å². The first kappa shape index (κ1) is 25.2. The molecule has 9 nitrogen and oxygen atoms in total. The Labute approximate surface area is 207 Å². The minimum absolute atomic E-state index is 0.00120. The fourth-order valence-electron chi connectivity index (χ4n) is 3.98. The maximum absolute atomic E-state index is 13.4. The van der Waals surface area contributed by atoms with Gasteiger partial charge in [-0.15, -0.1) is 0 Å². The summed E-state index contributed by atoms with van der Waals surface area (Å²) in [7, 11) is 2.58. The number of nitriles is 1. The molecule has 1 N–H and O–H groups in total. The standard InChI is InChI=1S/C25H19F3N6O3/c1-14-20(21-19(22(35)30-2)13-31-34(21)17-9-7-15(12-29)8-10-17)23(36)32(3)24(37)33(14)18-6-4-5-16(11-18)25(26,27)28/h4-11,13H,1-3H3,(H,30,35). The first-order valence-electron chi connectivity index (χ1n) is 10.8. The average Bonchev–Trinajstić information content (AvgIpc) is 3.31. The molecule has 0 bridgehead atoms. The van der Waals surface area contributed by atoms with Crippen LogP contribution >= 0.6 is 0 Å². The molecule has 1 amide bonds. The highest BCUT2D eigenvalue weighted by Crippen LogP contribution is 2.31. The minimum Gasteiger partial charge on any atom is -0.355 e. The molecule has 4 aromatic rings. The maximum atomic E-state index is 13.4. The van der Waals surface area contributed by atoms with Crippen molar-refractivity contribution < 1.29 is 18.0 Å². The number of amides is 1. The molecule has 0 unspecified atom stereocenters. The van der Waals surface area contributed by atoms with Gasteiger partial charge in [0.2, 0.25) is 0 Å². The zero-order valence-electron chi connectivity index (χ0n) is 19.8. The van der Waals surface area contributed by atoms with E-state index in [9.17, 15) is 27.6 Å². The van der Waals surface area contributed by atoms with Crippen LogP contribution in [0.3, 0.4) is 0 Å². The van der Waals surface area contributed by atoms with Crippen molar-refractivity contribution >= 4 is 5.91 Å². The van der Waals surface area contributed by atoms with Crippen molar-refractivity contribution in [1.29, 1.82) is 5.26 Å². The number of rotatable bonds is 4. The summed E-state index contributed by atoms with van der Waals surface area (Å²) in [6.07, 6.45) is -3.41. The summed E-state index contributed by atoms with van der Waals surface area (Å²) in [6, 6.07) is 12.3. The minimum atomic E-state index is -4.66. The number of alkyl halides is 3. The molecule has 0 spiro atoms. The number of aromatic nitrogens is 4. The van der Waals surface area contributed by atoms with Crippen LogP contribution < -0.4 is 16.6 Å². The predicted molar refractivity (Wildman–Crippen MR) is 128 cm³/mol. The number of carbonyl (C=O) groups excluding carboxylic acids is 1. The molecular weight excluding hydrogens is 489 g/mol. The van der Waals surface area contributed by atoms with E-state index in [0.29, 0.717) is 11.3 Å². The molecule has 37 heavy (non-hydrogen) atoms. The van der Waals surface area contributed by atoms with E-state index >= 15 is 0 Å². The Morgan fingerprint density at radius 1 is 1.08 bits per heavy atom. The molecule has 2 aromatic carbocycles. The Bertz CT molecular complexity index is 1690. The third kappa shape index (κ3) is 4.31. The summed E-state index contributed by atoms with van der Waals surface area (Å²) < 4.78 is 43.2. The molecule has 0 saturated heterocycles. The van der Waals surface area contributed by atoms with Gasteiger partial charge in [0.1, 0.15) is 0 Å². The molecule has 0 aliphatic heterocycles. The summed E-state index contributed by atoms with van der Waals surface area (Å²) in [5, 5.41) is 15.8. The highest BCUT2D eigenvalue weighted by atomic mass is 19.4. The molecule has 2 aromatic heterocycles. The first-order valence-corrected chi connectivity index (χ1v) is 10.8. The zero-order chi connectivity index (χ0) is 27.1. The lowest BCUT2D eigenvalue weighted by Crippen LogP contribution is -2.40. The van der Waals surface area contributed by atoms with Gasteiger partial charge in [0.05, 0.1) is 51.6 Å². The third-order valence-corrected chi connectivity index (χ3v) is 5.84. The summed E-state index contributed by atoms with van der Waals surface area (Å²) >= 11 is 0. The molecule has 0 fully saturated rings. The molecule has 188 valence electrons. The van der Waals surface area contributed by atoms with Crippen LogP contribution in [0.1, 0.15) is 27.2 Å². The molecule has 0 radical (unpaired) electrons. The molecule has 2 heterocycles. The van der Waals surface area contributed by atoms with Gasteiger partial charge in [-0.1, -0.05) is 6.07 Å². The highest BCUT2D eigenvalue weighted by Gasteiger charge is 2.31. The summed E-state index contributed by atoms with van der Waals surface area (Å²) in [5.74, 6) is -0.576. The van der Waals surface area contributed by atoms with Crippen LogP contribution in [0.15, 0.2) is 64.3 Å². The normalized spacial score (nSPS) is 11.3. The molecule has 4 rings (SSSR count). The number of nitrogens with one attached hydrogen (secondary N) is 1. The smallest absolute Gasteiger partial charge is 0.355 e. The van der Waals surface area contributed by atoms with Crippen molar-refractivity contribution in [3.05, 3.63) is 98.0 Å². The number of halogens is 3. The van der Waals surface area contributed by atoms with Crippen molar-refractivity contribution in [2.75, 3.05) is 7.05 Å². The third-order valence-electron chi connectivity index (χ3n) is 5.84. The summed E-state index contributed by atoms with van der Waals surface area (Å²) in [5.41, 5.74) is -2.02. The van der Waals surface area contributed by atoms with Crippen molar-refractivity contribution in [2.45, 2.75) is 13.1 Å². The van der Waals surface area contributed by atoms with Crippen LogP contribution in [-0.2, 0) is 13.2 Å². The Kier molecular flexibility index (Phi) is 6.31. The zero-order valence-corrected chi connectivity index (χ0v) is 19.8. The van der Waals surface area contributed by atoms with Crippen molar-refractivity contribution in [2.24, 2.45) is 7.05 Å². The van der Waals surface area contributed by atoms with E-state index < -0.39 is 28.9 Å². The van der Waals surface area contributed by atoms with Gasteiger partial charge in [0.15, 0.2) is 0 Å². The van der Waals surface area contributed by atoms with Crippen molar-refractivity contribution in [1.82, 2.24) is 24.2 Å². The van der Waals surface area contributed by atoms with Gasteiger partial charge in [-0.05, 0) is 49.4 Å². The number of hydrogen-bond acceptors (Lipinski definition) is 5. The van der Waals surface area contributed by atoms with Gasteiger partial charge in [0.25, 0.3) is 11.5 Å². The van der Waals surface area contributed by atoms with E-state index in [4.69, 9.17) is 5.26 Å². The number of benzene rings is 2. The lowest BCUT2D eigenvalue weighted by molar-refractivity contribution is -0.137. The fourth-order valence-corrected chi connectivity index (χ4v) is 3.98. The van der Waals surface area contributed by atoms with Gasteiger partial charge in [-0.3, -0.25) is 18.7 Å². The van der Waals surface area contributed by atoms with E-state index in [-0.39, 0.29) is 28.2 Å². The van der Waals surface area contributed by atoms with Crippen molar-refractivity contribution in [3.63, 3.8) is 0 Å². The highest BCUT2D eigenvalue weighted by molar-refractivity contribution is 6.00. The monoisotopic (exact) mass is 508 g/mol. The second kappa shape index (κ2) is 9.27. The van der Waals surface area contributed by atoms with Crippen molar-refractivity contribution in [3.8, 4) is 28.7 Å². The molecule has 12 heteroatoms. The summed E-state index contributed by atoms with van der Waals surface area (Å²) in [4.78, 5) is 39.3. The van der Waals surface area contributed by atoms with E-state index in [1.165, 1.54) is 50.1 Å². The quantitative estimate of drug-likeness (QED) is 0.455. The molecule has 0 aliphatic rings. The van der Waals surface area contributed by atoms with E-state index in [1.54, 1.807) is 12.1 Å². The SMILES string of the molecule is CNC(=O)c1cnn(-c2ccc(C#N)cc2)c1-c1c(C)n(-c2cccc(C(F)(F)F)c2)c(=O)n(C)c1=O. The number of nitrogens with zero attached hydrogens (tertiary/aromatic N) is 5. The molecule has 0 saturated carbocycles. The second-order valence-corrected chi connectivity index (χ2v) is 8.05. The van der Waals surface area contributed by atoms with Crippen LogP contribution in [0.5, 0.6) is 0 Å². The van der Waals surface area contributed by atoms with Gasteiger partial charge >= 0.3 is 11.9 Å². The van der Waals surface area contributed by atoms with Crippen LogP contribution in [0, 0.1) is 18.3 Å². The van der Waals surface area contributed by atoms with Gasteiger partial charge < -0.3 is 5.32 Å². The first-order chi connectivity index (χ1) is 17.5. The van der Waals surface area contributed by atoms with E-state index in [0.717, 1.165) is 27.3 Å². The Hall–Kier alpha value is -4.92. The maximum Gasteiger partial charge on any atom is 0.416 e. The van der Waals surface area contributed by atoms with Crippen LogP contribution in [0.25, 0.3) is 22.6 Å². The fraction of sp³-hybridized carbons (Fsp3) is 0.160. The van der Waals surface area contributed by atoms with Gasteiger partial charge in [0, 0.05) is 19.8 Å². The number of hydrogen-bond donors (Lipinski definition) is 1. The Morgan fingerprint density at radius 3 is 2.35 bits per heavy atom. The average molecular weight is 508 g/mol. The lowest BCUT2D eigenvalue weighted by atomic mass is 10.1. The molecular formula is C25H19F3N6O3. The van der Waals surface area contributed by atoms with Crippen LogP contribution in [0.2, 0.25) is 0 Å². The Balaban J connectivity index is 2.09. The predicted octanol–water partition coefficient (Wildman–Crippen LogP) is 2.95. The molecule has 0 atom stereocenters. The largest absolute Gasteiger partial charge is 0.416 e.